The predicted molar refractivity (Wildman–Crippen MR) is 88.5 cm³/mol. The Morgan fingerprint density at radius 2 is 1.26 bits per heavy atom. The maximum Gasteiger partial charge on any atom is 0.104 e. The molecule has 1 nitrogen and oxygen atoms in total. The minimum Gasteiger partial charge on any atom is -0.323 e. The Labute approximate surface area is 122 Å². The van der Waals surface area contributed by atoms with Crippen LogP contribution in [0, 0.1) is 0 Å². The third-order valence-electron chi connectivity index (χ3n) is 4.53. The lowest BCUT2D eigenvalue weighted by Crippen LogP contribution is -2.46. The van der Waals surface area contributed by atoms with Gasteiger partial charge in [0.2, 0.25) is 0 Å². The SMILES string of the molecule is C=CC(C)[N+](C)(C)CCCCCCCCCCCC. The molecule has 19 heavy (non-hydrogen) atoms. The van der Waals surface area contributed by atoms with Crippen molar-refractivity contribution in [3.8, 4) is 0 Å². The lowest BCUT2D eigenvalue weighted by Gasteiger charge is -2.34. The van der Waals surface area contributed by atoms with Crippen molar-refractivity contribution < 1.29 is 4.48 Å². The molecule has 0 rings (SSSR count). The molecule has 0 heterocycles. The molecule has 0 spiro atoms. The smallest absolute Gasteiger partial charge is 0.104 e. The first-order chi connectivity index (χ1) is 9.04. The van der Waals surface area contributed by atoms with Gasteiger partial charge in [-0.3, -0.25) is 0 Å². The zero-order valence-corrected chi connectivity index (χ0v) is 14.1. The fourth-order valence-corrected chi connectivity index (χ4v) is 2.50. The number of hydrogen-bond donors (Lipinski definition) is 0. The quantitative estimate of drug-likeness (QED) is 0.233. The maximum atomic E-state index is 3.91. The molecule has 0 aliphatic carbocycles. The molecule has 0 aliphatic heterocycles. The number of rotatable bonds is 13. The second-order valence-corrected chi connectivity index (χ2v) is 6.66. The van der Waals surface area contributed by atoms with Crippen LogP contribution in [0.4, 0.5) is 0 Å². The van der Waals surface area contributed by atoms with Gasteiger partial charge in [0.1, 0.15) is 6.04 Å². The highest BCUT2D eigenvalue weighted by atomic mass is 15.3. The van der Waals surface area contributed by atoms with E-state index < -0.39 is 0 Å². The molecule has 0 radical (unpaired) electrons. The molecule has 1 atom stereocenters. The molecule has 1 unspecified atom stereocenters. The zero-order chi connectivity index (χ0) is 14.6. The van der Waals surface area contributed by atoms with Crippen LogP contribution in [0.15, 0.2) is 12.7 Å². The summed E-state index contributed by atoms with van der Waals surface area (Å²) < 4.78 is 1.08. The van der Waals surface area contributed by atoms with Gasteiger partial charge >= 0.3 is 0 Å². The molecule has 0 amide bonds. The minimum atomic E-state index is 0.568. The Hall–Kier alpha value is -0.300. The van der Waals surface area contributed by atoms with Crippen LogP contribution < -0.4 is 0 Å². The Balaban J connectivity index is 3.33. The van der Waals surface area contributed by atoms with E-state index in [4.69, 9.17) is 0 Å². The summed E-state index contributed by atoms with van der Waals surface area (Å²) in [5, 5.41) is 0. The molecule has 0 saturated heterocycles. The first-order valence-corrected chi connectivity index (χ1v) is 8.49. The standard InChI is InChI=1S/C18H38N/c1-6-8-9-10-11-12-13-14-15-16-17-19(4,5)18(3)7-2/h7,18H,2,6,8-17H2,1,3-5H3/q+1. The lowest BCUT2D eigenvalue weighted by molar-refractivity contribution is -0.906. The Kier molecular flexibility index (Phi) is 11.3. The van der Waals surface area contributed by atoms with E-state index in [1.807, 2.05) is 0 Å². The lowest BCUT2D eigenvalue weighted by atomic mass is 10.1. The fraction of sp³-hybridized carbons (Fsp3) is 0.889. The van der Waals surface area contributed by atoms with Crippen molar-refractivity contribution in [3.05, 3.63) is 12.7 Å². The molecule has 0 aromatic heterocycles. The van der Waals surface area contributed by atoms with Crippen LogP contribution in [0.1, 0.15) is 78.1 Å². The van der Waals surface area contributed by atoms with Gasteiger partial charge in [-0.25, -0.2) is 0 Å². The van der Waals surface area contributed by atoms with Crippen molar-refractivity contribution in [2.75, 3.05) is 20.6 Å². The van der Waals surface area contributed by atoms with Crippen molar-refractivity contribution in [1.82, 2.24) is 0 Å². The summed E-state index contributed by atoms with van der Waals surface area (Å²) in [6, 6.07) is 0.568. The van der Waals surface area contributed by atoms with Gasteiger partial charge in [0.15, 0.2) is 0 Å². The van der Waals surface area contributed by atoms with E-state index in [0.29, 0.717) is 6.04 Å². The Morgan fingerprint density at radius 3 is 1.68 bits per heavy atom. The molecule has 0 aromatic rings. The molecular formula is C18H38N+. The van der Waals surface area contributed by atoms with E-state index in [0.717, 1.165) is 4.48 Å². The molecule has 0 aliphatic rings. The highest BCUT2D eigenvalue weighted by molar-refractivity contribution is 4.75. The van der Waals surface area contributed by atoms with E-state index in [2.05, 4.69) is 40.6 Å². The molecule has 0 fully saturated rings. The first kappa shape index (κ1) is 18.7. The average molecular weight is 269 g/mol. The summed E-state index contributed by atoms with van der Waals surface area (Å²) in [5.41, 5.74) is 0. The third kappa shape index (κ3) is 10.2. The van der Waals surface area contributed by atoms with Crippen LogP contribution in [0.2, 0.25) is 0 Å². The Bertz CT molecular complexity index is 208. The number of unbranched alkanes of at least 4 members (excludes halogenated alkanes) is 9. The second kappa shape index (κ2) is 11.5. The third-order valence-corrected chi connectivity index (χ3v) is 4.53. The maximum absolute atomic E-state index is 3.91. The predicted octanol–water partition coefficient (Wildman–Crippen LogP) is 5.56. The summed E-state index contributed by atoms with van der Waals surface area (Å²) in [6.45, 7) is 9.74. The van der Waals surface area contributed by atoms with E-state index in [1.54, 1.807) is 0 Å². The van der Waals surface area contributed by atoms with Gasteiger partial charge in [-0.1, -0.05) is 64.9 Å². The number of hydrogen-bond acceptors (Lipinski definition) is 0. The van der Waals surface area contributed by atoms with Crippen LogP contribution in [0.3, 0.4) is 0 Å². The monoisotopic (exact) mass is 268 g/mol. The van der Waals surface area contributed by atoms with Crippen LogP contribution >= 0.6 is 0 Å². The van der Waals surface area contributed by atoms with Crippen molar-refractivity contribution in [2.45, 2.75) is 84.1 Å². The molecule has 0 aromatic carbocycles. The van der Waals surface area contributed by atoms with E-state index in [1.165, 1.54) is 70.8 Å². The van der Waals surface area contributed by atoms with E-state index in [9.17, 15) is 0 Å². The summed E-state index contributed by atoms with van der Waals surface area (Å²) >= 11 is 0. The van der Waals surface area contributed by atoms with Crippen LogP contribution in [-0.4, -0.2) is 31.2 Å². The van der Waals surface area contributed by atoms with Gasteiger partial charge in [-0.15, -0.1) is 0 Å². The van der Waals surface area contributed by atoms with Crippen molar-refractivity contribution in [3.63, 3.8) is 0 Å². The topological polar surface area (TPSA) is 0 Å². The van der Waals surface area contributed by atoms with Gasteiger partial charge in [-0.2, -0.15) is 0 Å². The normalized spacial score (nSPS) is 13.5. The van der Waals surface area contributed by atoms with E-state index in [-0.39, 0.29) is 0 Å². The van der Waals surface area contributed by atoms with Crippen LogP contribution in [0.25, 0.3) is 0 Å². The molecule has 0 saturated carbocycles. The molecular weight excluding hydrogens is 230 g/mol. The van der Waals surface area contributed by atoms with Gasteiger partial charge < -0.3 is 4.48 Å². The van der Waals surface area contributed by atoms with Crippen molar-refractivity contribution in [2.24, 2.45) is 0 Å². The number of quaternary nitrogens is 1. The minimum absolute atomic E-state index is 0.568. The Morgan fingerprint density at radius 1 is 0.842 bits per heavy atom. The molecule has 0 bridgehead atoms. The molecule has 1 heteroatoms. The highest BCUT2D eigenvalue weighted by Gasteiger charge is 2.19. The first-order valence-electron chi connectivity index (χ1n) is 8.49. The van der Waals surface area contributed by atoms with Crippen molar-refractivity contribution >= 4 is 0 Å². The fourth-order valence-electron chi connectivity index (χ4n) is 2.50. The largest absolute Gasteiger partial charge is 0.323 e. The summed E-state index contributed by atoms with van der Waals surface area (Å²) in [4.78, 5) is 0. The van der Waals surface area contributed by atoms with Gasteiger partial charge in [0.05, 0.1) is 20.6 Å². The average Bonchev–Trinajstić information content (AvgIpc) is 2.39. The summed E-state index contributed by atoms with van der Waals surface area (Å²) in [5.74, 6) is 0. The highest BCUT2D eigenvalue weighted by Crippen LogP contribution is 2.13. The van der Waals surface area contributed by atoms with Gasteiger partial charge in [-0.05, 0) is 25.8 Å². The molecule has 114 valence electrons. The zero-order valence-electron chi connectivity index (χ0n) is 14.1. The van der Waals surface area contributed by atoms with Gasteiger partial charge in [0, 0.05) is 0 Å². The van der Waals surface area contributed by atoms with E-state index >= 15 is 0 Å². The number of likely N-dealkylation sites (N-methyl/N-ethyl adjacent to an activating group) is 1. The number of nitrogens with zero attached hydrogens (tertiary/aromatic N) is 1. The summed E-state index contributed by atoms with van der Waals surface area (Å²) in [6.07, 6.45) is 16.3. The van der Waals surface area contributed by atoms with Crippen molar-refractivity contribution in [1.29, 1.82) is 0 Å². The summed E-state index contributed by atoms with van der Waals surface area (Å²) in [7, 11) is 4.64. The van der Waals surface area contributed by atoms with Crippen LogP contribution in [-0.2, 0) is 0 Å². The molecule has 0 N–H and O–H groups in total. The second-order valence-electron chi connectivity index (χ2n) is 6.66. The van der Waals surface area contributed by atoms with Crippen LogP contribution in [0.5, 0.6) is 0 Å². The van der Waals surface area contributed by atoms with Gasteiger partial charge in [0.25, 0.3) is 0 Å².